The first-order valence-corrected chi connectivity index (χ1v) is 13.1. The van der Waals surface area contributed by atoms with E-state index in [1.54, 1.807) is 0 Å². The van der Waals surface area contributed by atoms with Crippen LogP contribution in [-0.4, -0.2) is 62.0 Å². The molecule has 0 bridgehead atoms. The summed E-state index contributed by atoms with van der Waals surface area (Å²) in [4.78, 5) is 47.9. The lowest BCUT2D eigenvalue weighted by molar-refractivity contribution is -0.107. The number of nitrogens with zero attached hydrogens (tertiary/aromatic N) is 4. The Balaban J connectivity index is 1.80. The number of hydrogen-bond acceptors (Lipinski definition) is 12. The van der Waals surface area contributed by atoms with E-state index in [1.807, 2.05) is 0 Å². The molecule has 0 spiro atoms. The molecule has 20 heteroatoms. The smallest absolute Gasteiger partial charge is 0.382 e. The van der Waals surface area contributed by atoms with E-state index >= 15 is 0 Å². The normalized spacial score (nSPS) is 29.4. The maximum absolute atomic E-state index is 12.0. The molecule has 33 heavy (non-hydrogen) atoms. The van der Waals surface area contributed by atoms with Gasteiger partial charge in [0.05, 0.1) is 18.5 Å². The predicted molar refractivity (Wildman–Crippen MR) is 106 cm³/mol. The zero-order valence-electron chi connectivity index (χ0n) is 16.5. The molecule has 3 heterocycles. The molecular weight excluding hydrogens is 511 g/mol. The van der Waals surface area contributed by atoms with E-state index in [2.05, 4.69) is 34.0 Å². The van der Waals surface area contributed by atoms with Gasteiger partial charge in [-0.1, -0.05) is 5.92 Å². The number of phosphoric ester groups is 1. The molecule has 2 aromatic heterocycles. The van der Waals surface area contributed by atoms with Crippen molar-refractivity contribution in [2.75, 3.05) is 12.3 Å². The van der Waals surface area contributed by atoms with Crippen molar-refractivity contribution >= 4 is 40.4 Å². The molecule has 3 rings (SSSR count). The third kappa shape index (κ3) is 5.84. The van der Waals surface area contributed by atoms with E-state index in [9.17, 15) is 28.6 Å². The molecule has 0 amide bonds. The highest BCUT2D eigenvalue weighted by Gasteiger charge is 2.55. The largest absolute Gasteiger partial charge is 0.490 e. The van der Waals surface area contributed by atoms with Crippen molar-refractivity contribution in [3.05, 3.63) is 12.7 Å². The molecular formula is C13H18N5O12P3. The zero-order valence-corrected chi connectivity index (χ0v) is 19.2. The van der Waals surface area contributed by atoms with E-state index < -0.39 is 47.5 Å². The molecule has 7 N–H and O–H groups in total. The minimum absolute atomic E-state index is 0.0522. The van der Waals surface area contributed by atoms with Gasteiger partial charge in [-0.15, -0.1) is 6.42 Å². The number of rotatable bonds is 8. The SMILES string of the molecule is C#CC1(O)CC(C)(COP(=O)(O)OP(=O)(O)OP(=O)(O)O)OC1n1cnc2c(N)ncnc21. The molecule has 182 valence electrons. The number of anilines is 1. The summed E-state index contributed by atoms with van der Waals surface area (Å²) in [6.07, 6.45) is 6.18. The molecule has 5 atom stereocenters. The summed E-state index contributed by atoms with van der Waals surface area (Å²) >= 11 is 0. The van der Waals surface area contributed by atoms with E-state index in [0.717, 1.165) is 6.33 Å². The van der Waals surface area contributed by atoms with Crippen LogP contribution in [0.5, 0.6) is 0 Å². The fourth-order valence-corrected chi connectivity index (χ4v) is 6.25. The van der Waals surface area contributed by atoms with Crippen LogP contribution in [-0.2, 0) is 31.6 Å². The van der Waals surface area contributed by atoms with Crippen LogP contribution in [0.2, 0.25) is 0 Å². The second-order valence-electron chi connectivity index (χ2n) is 7.11. The molecule has 1 aliphatic heterocycles. The molecule has 2 aromatic rings. The summed E-state index contributed by atoms with van der Waals surface area (Å²) in [5, 5.41) is 10.9. The number of fused-ring (bicyclic) bond motifs is 1. The maximum Gasteiger partial charge on any atom is 0.490 e. The van der Waals surface area contributed by atoms with Gasteiger partial charge < -0.3 is 35.2 Å². The Labute approximate surface area is 185 Å². The number of hydrogen-bond donors (Lipinski definition) is 6. The standard InChI is InChI=1S/C13H18N5O12P3/c1-3-13(19)4-12(2,5-27-32(23,24)30-33(25,26)29-31(20,21)22)28-11(13)18-7-17-8-9(14)15-6-16-10(8)18/h1,6-7,11,19H,4-5H2,2H3,(H,23,24)(H,25,26)(H2,14,15,16)(H2,20,21,22). The number of imidazole rings is 1. The first kappa shape index (κ1) is 25.9. The Morgan fingerprint density at radius 2 is 1.91 bits per heavy atom. The quantitative estimate of drug-likeness (QED) is 0.191. The number of nitrogen functional groups attached to an aromatic ring is 1. The van der Waals surface area contributed by atoms with Gasteiger partial charge >= 0.3 is 23.5 Å². The van der Waals surface area contributed by atoms with Gasteiger partial charge in [-0.3, -0.25) is 9.09 Å². The van der Waals surface area contributed by atoms with E-state index in [1.165, 1.54) is 17.8 Å². The van der Waals surface area contributed by atoms with Crippen LogP contribution < -0.4 is 5.73 Å². The molecule has 0 aromatic carbocycles. The highest BCUT2D eigenvalue weighted by molar-refractivity contribution is 7.66. The van der Waals surface area contributed by atoms with Crippen LogP contribution >= 0.6 is 23.5 Å². The van der Waals surface area contributed by atoms with Crippen molar-refractivity contribution in [3.63, 3.8) is 0 Å². The molecule has 0 saturated carbocycles. The number of ether oxygens (including phenoxy) is 1. The lowest BCUT2D eigenvalue weighted by Gasteiger charge is -2.25. The Bertz CT molecular complexity index is 1260. The molecule has 0 radical (unpaired) electrons. The van der Waals surface area contributed by atoms with Crippen LogP contribution in [0.3, 0.4) is 0 Å². The number of nitrogens with two attached hydrogens (primary N) is 1. The third-order valence-corrected chi connectivity index (χ3v) is 8.07. The van der Waals surface area contributed by atoms with Gasteiger partial charge in [0.25, 0.3) is 0 Å². The van der Waals surface area contributed by atoms with Crippen molar-refractivity contribution in [1.29, 1.82) is 0 Å². The summed E-state index contributed by atoms with van der Waals surface area (Å²) in [6, 6.07) is 0. The van der Waals surface area contributed by atoms with Crippen LogP contribution in [0.15, 0.2) is 12.7 Å². The van der Waals surface area contributed by atoms with Crippen molar-refractivity contribution < 1.29 is 56.3 Å². The van der Waals surface area contributed by atoms with Crippen molar-refractivity contribution in [2.45, 2.75) is 30.8 Å². The molecule has 5 unspecified atom stereocenters. The average molecular weight is 529 g/mol. The number of phosphoric acid groups is 3. The second-order valence-corrected chi connectivity index (χ2v) is 11.5. The van der Waals surface area contributed by atoms with Gasteiger partial charge in [-0.2, -0.15) is 8.62 Å². The summed E-state index contributed by atoms with van der Waals surface area (Å²) in [6.45, 7) is 0.503. The first-order chi connectivity index (χ1) is 15.0. The molecule has 1 saturated heterocycles. The van der Waals surface area contributed by atoms with Crippen LogP contribution in [0.1, 0.15) is 19.6 Å². The highest BCUT2D eigenvalue weighted by Crippen LogP contribution is 2.66. The molecule has 0 aliphatic carbocycles. The molecule has 1 fully saturated rings. The zero-order chi connectivity index (χ0) is 24.9. The van der Waals surface area contributed by atoms with E-state index in [0.29, 0.717) is 0 Å². The van der Waals surface area contributed by atoms with Crippen molar-refractivity contribution in [1.82, 2.24) is 19.5 Å². The van der Waals surface area contributed by atoms with Crippen molar-refractivity contribution in [3.8, 4) is 12.3 Å². The van der Waals surface area contributed by atoms with Gasteiger partial charge in [0.1, 0.15) is 11.8 Å². The van der Waals surface area contributed by atoms with Crippen LogP contribution in [0.25, 0.3) is 11.2 Å². The Morgan fingerprint density at radius 3 is 2.52 bits per heavy atom. The topological polar surface area (TPSA) is 259 Å². The number of aliphatic hydroxyl groups is 1. The Morgan fingerprint density at radius 1 is 1.24 bits per heavy atom. The van der Waals surface area contributed by atoms with E-state index in [4.69, 9.17) is 26.7 Å². The monoisotopic (exact) mass is 529 g/mol. The minimum Gasteiger partial charge on any atom is -0.382 e. The predicted octanol–water partition coefficient (Wildman–Crippen LogP) is -0.206. The highest BCUT2D eigenvalue weighted by atomic mass is 31.3. The van der Waals surface area contributed by atoms with Crippen LogP contribution in [0.4, 0.5) is 5.82 Å². The Kier molecular flexibility index (Phi) is 6.64. The van der Waals surface area contributed by atoms with E-state index in [-0.39, 0.29) is 23.4 Å². The van der Waals surface area contributed by atoms with Gasteiger partial charge in [0, 0.05) is 6.42 Å². The van der Waals surface area contributed by atoms with Gasteiger partial charge in [0.2, 0.25) is 0 Å². The van der Waals surface area contributed by atoms with Gasteiger partial charge in [-0.25, -0.2) is 28.6 Å². The average Bonchev–Trinajstić information content (AvgIpc) is 3.17. The van der Waals surface area contributed by atoms with Crippen molar-refractivity contribution in [2.24, 2.45) is 0 Å². The fourth-order valence-electron chi connectivity index (χ4n) is 3.12. The number of terminal acetylenes is 1. The molecule has 1 aliphatic rings. The lowest BCUT2D eigenvalue weighted by atomic mass is 9.92. The summed E-state index contributed by atoms with van der Waals surface area (Å²) < 4.78 is 53.1. The van der Waals surface area contributed by atoms with Gasteiger partial charge in [0.15, 0.2) is 23.3 Å². The number of aromatic nitrogens is 4. The summed E-state index contributed by atoms with van der Waals surface area (Å²) in [5.41, 5.74) is 2.53. The second kappa shape index (κ2) is 8.47. The lowest BCUT2D eigenvalue weighted by Crippen LogP contribution is -2.35. The third-order valence-electron chi connectivity index (χ3n) is 4.29. The fraction of sp³-hybridized carbons (Fsp3) is 0.462. The summed E-state index contributed by atoms with van der Waals surface area (Å²) in [5.74, 6) is 2.22. The minimum atomic E-state index is -5.70. The van der Waals surface area contributed by atoms with Gasteiger partial charge in [-0.05, 0) is 6.92 Å². The van der Waals surface area contributed by atoms with Crippen LogP contribution in [0, 0.1) is 12.3 Å². The molecule has 17 nitrogen and oxygen atoms in total. The maximum atomic E-state index is 12.0. The summed E-state index contributed by atoms with van der Waals surface area (Å²) in [7, 11) is -16.7. The first-order valence-electron chi connectivity index (χ1n) is 8.57. The Hall–Kier alpha value is -1.76.